The van der Waals surface area contributed by atoms with E-state index in [1.165, 1.54) is 6.42 Å². The molecule has 0 aromatic heterocycles. The summed E-state index contributed by atoms with van der Waals surface area (Å²) in [5.74, 6) is 2.14. The zero-order valence-corrected chi connectivity index (χ0v) is 9.89. The van der Waals surface area contributed by atoms with Crippen LogP contribution in [0.15, 0.2) is 0 Å². The average Bonchev–Trinajstić information content (AvgIpc) is 2.17. The van der Waals surface area contributed by atoms with Crippen LogP contribution in [0, 0.1) is 23.7 Å². The quantitative estimate of drug-likeness (QED) is 0.699. The van der Waals surface area contributed by atoms with Gasteiger partial charge in [0.05, 0.1) is 12.2 Å². The number of aliphatic hydroxyl groups excluding tert-OH is 2. The molecule has 15 heavy (non-hydrogen) atoms. The predicted molar refractivity (Wildman–Crippen MR) is 60.4 cm³/mol. The lowest BCUT2D eigenvalue weighted by atomic mass is 9.60. The molecule has 2 aliphatic carbocycles. The molecule has 0 bridgehead atoms. The van der Waals surface area contributed by atoms with Crippen LogP contribution in [-0.4, -0.2) is 22.4 Å². The lowest BCUT2D eigenvalue weighted by Gasteiger charge is -2.47. The van der Waals surface area contributed by atoms with Crippen molar-refractivity contribution in [3.8, 4) is 0 Å². The van der Waals surface area contributed by atoms with E-state index in [1.807, 2.05) is 0 Å². The first-order valence-electron chi connectivity index (χ1n) is 6.47. The van der Waals surface area contributed by atoms with Crippen molar-refractivity contribution in [2.24, 2.45) is 23.7 Å². The molecule has 0 heterocycles. The van der Waals surface area contributed by atoms with E-state index >= 15 is 0 Å². The summed E-state index contributed by atoms with van der Waals surface area (Å²) in [5, 5.41) is 20.0. The van der Waals surface area contributed by atoms with Crippen molar-refractivity contribution in [2.45, 2.75) is 58.2 Å². The molecule has 2 saturated carbocycles. The molecule has 0 saturated heterocycles. The zero-order valence-electron chi connectivity index (χ0n) is 9.89. The largest absolute Gasteiger partial charge is 0.393 e. The van der Waals surface area contributed by atoms with Gasteiger partial charge in [0.25, 0.3) is 0 Å². The second-order valence-electron chi connectivity index (χ2n) is 5.79. The summed E-state index contributed by atoms with van der Waals surface area (Å²) < 4.78 is 0. The lowest BCUT2D eigenvalue weighted by molar-refractivity contribution is -0.0955. The summed E-state index contributed by atoms with van der Waals surface area (Å²) in [6.07, 6.45) is 4.78. The summed E-state index contributed by atoms with van der Waals surface area (Å²) in [5.41, 5.74) is 0. The van der Waals surface area contributed by atoms with Crippen LogP contribution in [0.1, 0.15) is 46.0 Å². The molecule has 2 aliphatic rings. The van der Waals surface area contributed by atoms with E-state index in [1.54, 1.807) is 0 Å². The molecule has 2 rings (SSSR count). The van der Waals surface area contributed by atoms with E-state index in [2.05, 4.69) is 13.8 Å². The lowest BCUT2D eigenvalue weighted by Crippen LogP contribution is -2.48. The number of aliphatic hydroxyl groups is 2. The molecule has 2 heteroatoms. The van der Waals surface area contributed by atoms with Gasteiger partial charge in [0.15, 0.2) is 0 Å². The Labute approximate surface area is 92.7 Å². The third-order valence-corrected chi connectivity index (χ3v) is 4.62. The zero-order chi connectivity index (χ0) is 11.0. The van der Waals surface area contributed by atoms with Crippen LogP contribution in [-0.2, 0) is 0 Å². The molecule has 5 atom stereocenters. The molecule has 0 aromatic rings. The summed E-state index contributed by atoms with van der Waals surface area (Å²) in [6.45, 7) is 4.56. The Bertz CT molecular complexity index is 211. The van der Waals surface area contributed by atoms with Crippen molar-refractivity contribution in [1.82, 2.24) is 0 Å². The minimum atomic E-state index is -0.250. The second kappa shape index (κ2) is 4.42. The van der Waals surface area contributed by atoms with E-state index in [0.717, 1.165) is 25.7 Å². The van der Waals surface area contributed by atoms with Crippen LogP contribution < -0.4 is 0 Å². The van der Waals surface area contributed by atoms with Gasteiger partial charge in [-0.1, -0.05) is 20.3 Å². The predicted octanol–water partition coefficient (Wildman–Crippen LogP) is 2.19. The Morgan fingerprint density at radius 1 is 0.933 bits per heavy atom. The molecule has 0 aromatic carbocycles. The molecule has 5 unspecified atom stereocenters. The summed E-state index contributed by atoms with van der Waals surface area (Å²) in [4.78, 5) is 0. The number of hydrogen-bond donors (Lipinski definition) is 2. The highest BCUT2D eigenvalue weighted by molar-refractivity contribution is 4.94. The fourth-order valence-corrected chi connectivity index (χ4v) is 3.87. The molecular weight excluding hydrogens is 188 g/mol. The van der Waals surface area contributed by atoms with Gasteiger partial charge in [0.1, 0.15) is 0 Å². The molecule has 2 nitrogen and oxygen atoms in total. The minimum absolute atomic E-state index is 0.167. The molecule has 2 fully saturated rings. The Morgan fingerprint density at radius 3 is 2.27 bits per heavy atom. The molecule has 2 N–H and O–H groups in total. The Morgan fingerprint density at radius 2 is 1.60 bits per heavy atom. The average molecular weight is 212 g/mol. The second-order valence-corrected chi connectivity index (χ2v) is 5.79. The third kappa shape index (κ3) is 2.07. The Hall–Kier alpha value is -0.0800. The van der Waals surface area contributed by atoms with Crippen LogP contribution in [0.2, 0.25) is 0 Å². The molecular formula is C13H24O2. The SMILES string of the molecule is CC(C)C1CCC(O)C2C(O)CCCC12. The number of fused-ring (bicyclic) bond motifs is 1. The summed E-state index contributed by atoms with van der Waals surface area (Å²) in [6, 6.07) is 0. The van der Waals surface area contributed by atoms with Crippen molar-refractivity contribution in [2.75, 3.05) is 0 Å². The van der Waals surface area contributed by atoms with Gasteiger partial charge in [-0.25, -0.2) is 0 Å². The first-order valence-corrected chi connectivity index (χ1v) is 6.47. The van der Waals surface area contributed by atoms with Gasteiger partial charge in [-0.05, 0) is 43.4 Å². The number of hydrogen-bond acceptors (Lipinski definition) is 2. The highest BCUT2D eigenvalue weighted by Crippen LogP contribution is 2.46. The summed E-state index contributed by atoms with van der Waals surface area (Å²) >= 11 is 0. The third-order valence-electron chi connectivity index (χ3n) is 4.62. The molecule has 88 valence electrons. The van der Waals surface area contributed by atoms with Gasteiger partial charge < -0.3 is 10.2 Å². The van der Waals surface area contributed by atoms with Gasteiger partial charge in [0, 0.05) is 5.92 Å². The first kappa shape index (κ1) is 11.4. The van der Waals surface area contributed by atoms with E-state index in [-0.39, 0.29) is 18.1 Å². The molecule has 0 aliphatic heterocycles. The smallest absolute Gasteiger partial charge is 0.0595 e. The first-order chi connectivity index (χ1) is 7.11. The van der Waals surface area contributed by atoms with Crippen LogP contribution in [0.3, 0.4) is 0 Å². The fraction of sp³-hybridized carbons (Fsp3) is 1.00. The fourth-order valence-electron chi connectivity index (χ4n) is 3.87. The van der Waals surface area contributed by atoms with Crippen LogP contribution in [0.25, 0.3) is 0 Å². The maximum absolute atomic E-state index is 10.0. The van der Waals surface area contributed by atoms with Crippen LogP contribution in [0.5, 0.6) is 0 Å². The standard InChI is InChI=1S/C13H24O2/c1-8(2)9-6-7-12(15)13-10(9)4-3-5-11(13)14/h8-15H,3-7H2,1-2H3. The molecule has 0 amide bonds. The van der Waals surface area contributed by atoms with Crippen molar-refractivity contribution in [3.05, 3.63) is 0 Å². The van der Waals surface area contributed by atoms with Crippen molar-refractivity contribution >= 4 is 0 Å². The van der Waals surface area contributed by atoms with Gasteiger partial charge in [-0.3, -0.25) is 0 Å². The summed E-state index contributed by atoms with van der Waals surface area (Å²) in [7, 11) is 0. The normalized spacial score (nSPS) is 46.6. The van der Waals surface area contributed by atoms with Crippen molar-refractivity contribution < 1.29 is 10.2 Å². The van der Waals surface area contributed by atoms with Crippen molar-refractivity contribution in [1.29, 1.82) is 0 Å². The Balaban J connectivity index is 2.14. The van der Waals surface area contributed by atoms with Crippen LogP contribution in [0.4, 0.5) is 0 Å². The van der Waals surface area contributed by atoms with Crippen LogP contribution >= 0.6 is 0 Å². The van der Waals surface area contributed by atoms with E-state index in [9.17, 15) is 10.2 Å². The monoisotopic (exact) mass is 212 g/mol. The molecule has 0 spiro atoms. The van der Waals surface area contributed by atoms with E-state index in [4.69, 9.17) is 0 Å². The van der Waals surface area contributed by atoms with Gasteiger partial charge >= 0.3 is 0 Å². The maximum Gasteiger partial charge on any atom is 0.0595 e. The highest BCUT2D eigenvalue weighted by Gasteiger charge is 2.44. The Kier molecular flexibility index (Phi) is 3.36. The minimum Gasteiger partial charge on any atom is -0.393 e. The van der Waals surface area contributed by atoms with Gasteiger partial charge in [-0.2, -0.15) is 0 Å². The molecule has 0 radical (unpaired) electrons. The van der Waals surface area contributed by atoms with Crippen molar-refractivity contribution in [3.63, 3.8) is 0 Å². The number of rotatable bonds is 1. The highest BCUT2D eigenvalue weighted by atomic mass is 16.3. The van der Waals surface area contributed by atoms with Gasteiger partial charge in [-0.15, -0.1) is 0 Å². The maximum atomic E-state index is 10.0. The topological polar surface area (TPSA) is 40.5 Å². The van der Waals surface area contributed by atoms with Gasteiger partial charge in [0.2, 0.25) is 0 Å². The van der Waals surface area contributed by atoms with E-state index < -0.39 is 0 Å². The van der Waals surface area contributed by atoms with E-state index in [0.29, 0.717) is 17.8 Å².